The molecule has 12 heteroatoms. The molecule has 248 valence electrons. The predicted molar refractivity (Wildman–Crippen MR) is 164 cm³/mol. The molecule has 2 saturated carbocycles. The van der Waals surface area contributed by atoms with Crippen LogP contribution in [0.25, 0.3) is 0 Å². The second-order valence-electron chi connectivity index (χ2n) is 15.9. The van der Waals surface area contributed by atoms with E-state index in [1.807, 2.05) is 13.8 Å². The molecule has 44 heavy (non-hydrogen) atoms. The van der Waals surface area contributed by atoms with E-state index in [0.29, 0.717) is 13.0 Å². The van der Waals surface area contributed by atoms with Crippen molar-refractivity contribution in [3.63, 3.8) is 0 Å². The van der Waals surface area contributed by atoms with E-state index in [2.05, 4.69) is 16.0 Å². The van der Waals surface area contributed by atoms with Crippen molar-refractivity contribution in [2.45, 2.75) is 125 Å². The number of primary amides is 1. The number of fused-ring (bicyclic) bond motifs is 1. The maximum absolute atomic E-state index is 14.2. The molecule has 6 atom stereocenters. The fourth-order valence-corrected chi connectivity index (χ4v) is 6.58. The summed E-state index contributed by atoms with van der Waals surface area (Å²) in [7, 11) is 0. The molecule has 0 radical (unpaired) electrons. The first-order valence-corrected chi connectivity index (χ1v) is 15.8. The number of amides is 5. The number of rotatable bonds is 11. The molecule has 0 spiro atoms. The first-order chi connectivity index (χ1) is 20.1. The van der Waals surface area contributed by atoms with Crippen LogP contribution >= 0.6 is 0 Å². The second-order valence-corrected chi connectivity index (χ2v) is 15.9. The van der Waals surface area contributed by atoms with Gasteiger partial charge in [-0.15, -0.1) is 0 Å². The molecule has 5 N–H and O–H groups in total. The molecule has 0 aromatic heterocycles. The predicted octanol–water partition coefficient (Wildman–Crippen LogP) is 2.28. The summed E-state index contributed by atoms with van der Waals surface area (Å²) in [5.74, 6) is -3.34. The fraction of sp³-hybridized carbons (Fsp3) is 0.812. The van der Waals surface area contributed by atoms with Crippen molar-refractivity contribution in [2.75, 3.05) is 6.54 Å². The largest absolute Gasteiger partial charge is 0.461 e. The van der Waals surface area contributed by atoms with E-state index in [1.165, 1.54) is 4.90 Å². The number of carbonyl (C=O) groups is 6. The summed E-state index contributed by atoms with van der Waals surface area (Å²) in [4.78, 5) is 80.2. The maximum Gasteiger partial charge on any atom is 0.329 e. The molecule has 12 nitrogen and oxygen atoms in total. The number of hydrogen-bond donors (Lipinski definition) is 4. The first-order valence-electron chi connectivity index (χ1n) is 15.8. The molecule has 3 fully saturated rings. The Morgan fingerprint density at radius 1 is 0.909 bits per heavy atom. The Labute approximate surface area is 261 Å². The minimum atomic E-state index is -1.10. The summed E-state index contributed by atoms with van der Waals surface area (Å²) in [5.41, 5.74) is 3.68. The Morgan fingerprint density at radius 2 is 1.45 bits per heavy atom. The van der Waals surface area contributed by atoms with Gasteiger partial charge in [0.15, 0.2) is 0 Å². The number of piperidine rings is 1. The molecular formula is C32H53N5O7. The quantitative estimate of drug-likeness (QED) is 0.202. The molecule has 0 aromatic carbocycles. The van der Waals surface area contributed by atoms with Crippen LogP contribution in [-0.2, 0) is 28.7 Å². The number of ether oxygens (including phenoxy) is 1. The molecule has 3 aliphatic rings. The van der Waals surface area contributed by atoms with Gasteiger partial charge in [0.1, 0.15) is 18.1 Å². The number of ketones is 1. The SMILES string of the molecule is CC(C)OC(=O)[C@H](NC(=O)N[C@H](C(=O)N1C[C@H]2[C@@H]([C@H]1C(=O)NC(CC1CCC1)C(=O)C(N)=O)C2(C)C)C(C)(C)C)C(C)(C)C. The molecule has 0 aromatic rings. The van der Waals surface area contributed by atoms with E-state index in [-0.39, 0.29) is 29.3 Å². The first kappa shape index (κ1) is 35.3. The van der Waals surface area contributed by atoms with Gasteiger partial charge < -0.3 is 31.3 Å². The highest BCUT2D eigenvalue weighted by molar-refractivity contribution is 6.37. The zero-order chi connectivity index (χ0) is 33.5. The van der Waals surface area contributed by atoms with E-state index in [9.17, 15) is 28.8 Å². The van der Waals surface area contributed by atoms with Gasteiger partial charge in [-0.3, -0.25) is 19.2 Å². The summed E-state index contributed by atoms with van der Waals surface area (Å²) in [6, 6.07) is -4.67. The lowest BCUT2D eigenvalue weighted by atomic mass is 9.80. The molecule has 3 rings (SSSR count). The number of nitrogens with zero attached hydrogens (tertiary/aromatic N) is 1. The van der Waals surface area contributed by atoms with Crippen molar-refractivity contribution in [1.29, 1.82) is 0 Å². The fourth-order valence-electron chi connectivity index (χ4n) is 6.58. The van der Waals surface area contributed by atoms with E-state index in [1.54, 1.807) is 55.4 Å². The van der Waals surface area contributed by atoms with Gasteiger partial charge in [-0.05, 0) is 54.3 Å². The maximum atomic E-state index is 14.2. The van der Waals surface area contributed by atoms with Gasteiger partial charge in [0.25, 0.3) is 5.91 Å². The third-order valence-corrected chi connectivity index (χ3v) is 9.55. The van der Waals surface area contributed by atoms with Crippen LogP contribution in [-0.4, -0.2) is 77.2 Å². The number of nitrogens with one attached hydrogen (secondary N) is 3. The van der Waals surface area contributed by atoms with Gasteiger partial charge in [-0.25, -0.2) is 9.59 Å². The van der Waals surface area contributed by atoms with Crippen molar-refractivity contribution in [1.82, 2.24) is 20.9 Å². The zero-order valence-corrected chi connectivity index (χ0v) is 28.0. The minimum absolute atomic E-state index is 0.0599. The lowest BCUT2D eigenvalue weighted by molar-refractivity contribution is -0.152. The number of hydrogen-bond acceptors (Lipinski definition) is 7. The number of urea groups is 1. The highest BCUT2D eigenvalue weighted by Gasteiger charge is 2.70. The van der Waals surface area contributed by atoms with E-state index < -0.39 is 70.5 Å². The Balaban J connectivity index is 1.83. The number of nitrogens with two attached hydrogens (primary N) is 1. The van der Waals surface area contributed by atoms with Crippen LogP contribution in [0, 0.1) is 34.0 Å². The molecule has 2 aliphatic carbocycles. The molecule has 1 saturated heterocycles. The Morgan fingerprint density at radius 3 is 1.91 bits per heavy atom. The van der Waals surface area contributed by atoms with Crippen molar-refractivity contribution in [2.24, 2.45) is 39.7 Å². The molecule has 5 amide bonds. The average Bonchev–Trinajstić information content (AvgIpc) is 3.18. The smallest absolute Gasteiger partial charge is 0.329 e. The van der Waals surface area contributed by atoms with Crippen molar-refractivity contribution >= 4 is 35.5 Å². The molecule has 1 heterocycles. The number of likely N-dealkylation sites (tertiary alicyclic amines) is 1. The summed E-state index contributed by atoms with van der Waals surface area (Å²) in [5, 5.41) is 8.24. The summed E-state index contributed by atoms with van der Waals surface area (Å²) in [6.07, 6.45) is 2.81. The van der Waals surface area contributed by atoms with Crippen molar-refractivity contribution in [3.05, 3.63) is 0 Å². The Kier molecular flexibility index (Phi) is 10.2. The van der Waals surface area contributed by atoms with Crippen LogP contribution in [0.15, 0.2) is 0 Å². The topological polar surface area (TPSA) is 177 Å². The number of carbonyl (C=O) groups excluding carboxylic acids is 6. The van der Waals surface area contributed by atoms with Crippen LogP contribution in [0.2, 0.25) is 0 Å². The summed E-state index contributed by atoms with van der Waals surface area (Å²) in [6.45, 7) is 18.7. The molecule has 1 aliphatic heterocycles. The normalized spacial score (nSPS) is 24.7. The average molecular weight is 620 g/mol. The highest BCUT2D eigenvalue weighted by atomic mass is 16.5. The third kappa shape index (κ3) is 7.72. The lowest BCUT2D eigenvalue weighted by Gasteiger charge is -2.38. The van der Waals surface area contributed by atoms with E-state index >= 15 is 0 Å². The van der Waals surface area contributed by atoms with Crippen LogP contribution in [0.1, 0.15) is 94.9 Å². The minimum Gasteiger partial charge on any atom is -0.461 e. The van der Waals surface area contributed by atoms with Crippen LogP contribution in [0.4, 0.5) is 4.79 Å². The Hall–Kier alpha value is -3.18. The van der Waals surface area contributed by atoms with Gasteiger partial charge in [0.05, 0.1) is 12.1 Å². The third-order valence-electron chi connectivity index (χ3n) is 9.55. The van der Waals surface area contributed by atoms with Gasteiger partial charge in [0.2, 0.25) is 17.6 Å². The number of esters is 1. The van der Waals surface area contributed by atoms with Crippen molar-refractivity contribution in [3.8, 4) is 0 Å². The molecule has 0 bridgehead atoms. The molecular weight excluding hydrogens is 566 g/mol. The van der Waals surface area contributed by atoms with Crippen LogP contribution < -0.4 is 21.7 Å². The lowest BCUT2D eigenvalue weighted by Crippen LogP contribution is -2.62. The van der Waals surface area contributed by atoms with Gasteiger partial charge in [0, 0.05) is 6.54 Å². The van der Waals surface area contributed by atoms with Gasteiger partial charge >= 0.3 is 12.0 Å². The highest BCUT2D eigenvalue weighted by Crippen LogP contribution is 2.65. The van der Waals surface area contributed by atoms with Crippen LogP contribution in [0.5, 0.6) is 0 Å². The van der Waals surface area contributed by atoms with E-state index in [0.717, 1.165) is 19.3 Å². The van der Waals surface area contributed by atoms with Gasteiger partial charge in [-0.2, -0.15) is 0 Å². The standard InChI is InChI=1S/C32H53N5O7/c1-16(2)44-28(42)24(31(6,7)8)36-29(43)35-23(30(3,4)5)27(41)37-15-18-20(32(18,9)10)21(37)26(40)34-19(22(38)25(33)39)14-17-12-11-13-17/h16-21,23-24H,11-15H2,1-10H3,(H2,33,39)(H,34,40)(H2,35,36,43)/t18-,19?,20-,21-,23+,24-/m0/s1. The summed E-state index contributed by atoms with van der Waals surface area (Å²) < 4.78 is 5.36. The Bertz CT molecular complexity index is 1160. The zero-order valence-electron chi connectivity index (χ0n) is 28.0. The van der Waals surface area contributed by atoms with E-state index in [4.69, 9.17) is 10.5 Å². The number of Topliss-reactive ketones (excluding diaryl/α,β-unsaturated/α-hetero) is 1. The second kappa shape index (κ2) is 12.7. The monoisotopic (exact) mass is 619 g/mol. The molecule has 1 unspecified atom stereocenters. The summed E-state index contributed by atoms with van der Waals surface area (Å²) >= 11 is 0. The van der Waals surface area contributed by atoms with Gasteiger partial charge in [-0.1, -0.05) is 74.7 Å². The van der Waals surface area contributed by atoms with Crippen LogP contribution in [0.3, 0.4) is 0 Å². The van der Waals surface area contributed by atoms with Crippen molar-refractivity contribution < 1.29 is 33.5 Å².